The van der Waals surface area contributed by atoms with Gasteiger partial charge in [-0.1, -0.05) is 97.3 Å². The third-order valence-electron chi connectivity index (χ3n) is 6.61. The van der Waals surface area contributed by atoms with Gasteiger partial charge in [-0.15, -0.1) is 0 Å². The summed E-state index contributed by atoms with van der Waals surface area (Å²) in [4.78, 5) is 12.4. The number of unbranched alkanes of at least 4 members (excludes halogenated alkanes) is 14. The monoisotopic (exact) mass is 469 g/mol. The zero-order chi connectivity index (χ0) is 24.6. The van der Waals surface area contributed by atoms with Crippen molar-refractivity contribution in [2.45, 2.75) is 168 Å². The Kier molecular flexibility index (Phi) is 22.7. The molecule has 33 heavy (non-hydrogen) atoms. The Bertz CT molecular complexity index is 409. The Hall–Kier alpha value is -0.610. The summed E-state index contributed by atoms with van der Waals surface area (Å²) >= 11 is 0. The number of esters is 1. The van der Waals surface area contributed by atoms with Crippen LogP contribution in [0, 0.1) is 0 Å². The highest BCUT2D eigenvalue weighted by Crippen LogP contribution is 2.18. The molecule has 0 amide bonds. The summed E-state index contributed by atoms with van der Waals surface area (Å²) in [6.45, 7) is 9.65. The van der Waals surface area contributed by atoms with E-state index >= 15 is 0 Å². The van der Waals surface area contributed by atoms with E-state index in [4.69, 9.17) is 4.74 Å². The Labute approximate surface area is 207 Å². The fourth-order valence-corrected chi connectivity index (χ4v) is 4.22. The highest BCUT2D eigenvalue weighted by atomic mass is 16.5. The van der Waals surface area contributed by atoms with Gasteiger partial charge in [0.2, 0.25) is 0 Å². The van der Waals surface area contributed by atoms with Gasteiger partial charge < -0.3 is 15.2 Å². The molecule has 2 N–H and O–H groups in total. The SMILES string of the molecule is CCCCCCCCC(CCCCCCCC)OC(=O)CCCCCCCNC(C)(C)CO. The topological polar surface area (TPSA) is 58.6 Å². The molecule has 0 aliphatic heterocycles. The average molecular weight is 470 g/mol. The first-order valence-corrected chi connectivity index (χ1v) is 14.5. The third-order valence-corrected chi connectivity index (χ3v) is 6.61. The lowest BCUT2D eigenvalue weighted by Gasteiger charge is -2.23. The molecule has 0 aromatic heterocycles. The number of nitrogens with one attached hydrogen (secondary N) is 1. The van der Waals surface area contributed by atoms with Crippen LogP contribution in [0.5, 0.6) is 0 Å². The first-order chi connectivity index (χ1) is 15.9. The highest BCUT2D eigenvalue weighted by molar-refractivity contribution is 5.69. The Morgan fingerprint density at radius 3 is 1.70 bits per heavy atom. The van der Waals surface area contributed by atoms with Crippen LogP contribution in [-0.2, 0) is 9.53 Å². The molecule has 0 aromatic rings. The van der Waals surface area contributed by atoms with Crippen molar-refractivity contribution in [1.29, 1.82) is 0 Å². The number of aliphatic hydroxyl groups excluding tert-OH is 1. The molecule has 0 rings (SSSR count). The quantitative estimate of drug-likeness (QED) is 0.105. The number of hydrogen-bond donors (Lipinski definition) is 2. The van der Waals surface area contributed by atoms with E-state index in [-0.39, 0.29) is 24.2 Å². The third kappa shape index (κ3) is 22.9. The smallest absolute Gasteiger partial charge is 0.306 e. The van der Waals surface area contributed by atoms with Crippen LogP contribution >= 0.6 is 0 Å². The fraction of sp³-hybridized carbons (Fsp3) is 0.966. The van der Waals surface area contributed by atoms with E-state index in [9.17, 15) is 9.90 Å². The van der Waals surface area contributed by atoms with Crippen LogP contribution in [0.25, 0.3) is 0 Å². The molecule has 0 heterocycles. The number of ether oxygens (including phenoxy) is 1. The number of carbonyl (C=O) groups is 1. The van der Waals surface area contributed by atoms with Gasteiger partial charge in [0.15, 0.2) is 0 Å². The highest BCUT2D eigenvalue weighted by Gasteiger charge is 2.15. The summed E-state index contributed by atoms with van der Waals surface area (Å²) in [7, 11) is 0. The zero-order valence-electron chi connectivity index (χ0n) is 22.9. The number of hydrogen-bond acceptors (Lipinski definition) is 4. The molecular formula is C29H59NO3. The minimum Gasteiger partial charge on any atom is -0.462 e. The maximum absolute atomic E-state index is 12.4. The van der Waals surface area contributed by atoms with Gasteiger partial charge >= 0.3 is 5.97 Å². The maximum atomic E-state index is 12.4. The molecule has 0 aromatic carbocycles. The van der Waals surface area contributed by atoms with Crippen LogP contribution in [-0.4, -0.2) is 35.9 Å². The minimum absolute atomic E-state index is 0.0170. The van der Waals surface area contributed by atoms with Crippen molar-refractivity contribution in [1.82, 2.24) is 5.32 Å². The van der Waals surface area contributed by atoms with Crippen molar-refractivity contribution < 1.29 is 14.6 Å². The van der Waals surface area contributed by atoms with Crippen LogP contribution < -0.4 is 5.32 Å². The molecule has 0 bridgehead atoms. The van der Waals surface area contributed by atoms with Crippen LogP contribution in [0.4, 0.5) is 0 Å². The molecule has 0 radical (unpaired) electrons. The van der Waals surface area contributed by atoms with E-state index in [0.29, 0.717) is 6.42 Å². The molecule has 0 saturated carbocycles. The minimum atomic E-state index is -0.189. The van der Waals surface area contributed by atoms with Gasteiger partial charge in [-0.25, -0.2) is 0 Å². The zero-order valence-corrected chi connectivity index (χ0v) is 22.9. The van der Waals surface area contributed by atoms with Gasteiger partial charge in [0.1, 0.15) is 6.10 Å². The number of rotatable bonds is 25. The van der Waals surface area contributed by atoms with Gasteiger partial charge in [0, 0.05) is 12.0 Å². The lowest BCUT2D eigenvalue weighted by molar-refractivity contribution is -0.150. The van der Waals surface area contributed by atoms with Gasteiger partial charge in [0.25, 0.3) is 0 Å². The summed E-state index contributed by atoms with van der Waals surface area (Å²) in [6, 6.07) is 0. The van der Waals surface area contributed by atoms with Crippen LogP contribution in [0.2, 0.25) is 0 Å². The largest absolute Gasteiger partial charge is 0.462 e. The van der Waals surface area contributed by atoms with Crippen molar-refractivity contribution in [2.75, 3.05) is 13.2 Å². The van der Waals surface area contributed by atoms with E-state index < -0.39 is 0 Å². The van der Waals surface area contributed by atoms with Gasteiger partial charge in [0.05, 0.1) is 6.61 Å². The van der Waals surface area contributed by atoms with Crippen molar-refractivity contribution in [2.24, 2.45) is 0 Å². The van der Waals surface area contributed by atoms with Crippen molar-refractivity contribution in [3.05, 3.63) is 0 Å². The Morgan fingerprint density at radius 1 is 0.727 bits per heavy atom. The molecule has 0 unspecified atom stereocenters. The second kappa shape index (κ2) is 23.1. The predicted molar refractivity (Wildman–Crippen MR) is 143 cm³/mol. The molecule has 0 saturated heterocycles. The van der Waals surface area contributed by atoms with E-state index in [1.165, 1.54) is 83.5 Å². The average Bonchev–Trinajstić information content (AvgIpc) is 2.79. The van der Waals surface area contributed by atoms with Crippen molar-refractivity contribution in [3.8, 4) is 0 Å². The molecular weight excluding hydrogens is 410 g/mol. The maximum Gasteiger partial charge on any atom is 0.306 e. The lowest BCUT2D eigenvalue weighted by atomic mass is 10.0. The van der Waals surface area contributed by atoms with Gasteiger partial charge in [-0.2, -0.15) is 0 Å². The summed E-state index contributed by atoms with van der Waals surface area (Å²) in [5.74, 6) is 0.0170. The summed E-state index contributed by atoms with van der Waals surface area (Å²) < 4.78 is 5.93. The lowest BCUT2D eigenvalue weighted by Crippen LogP contribution is -2.43. The van der Waals surface area contributed by atoms with E-state index in [2.05, 4.69) is 19.2 Å². The van der Waals surface area contributed by atoms with Gasteiger partial charge in [-0.3, -0.25) is 4.79 Å². The van der Waals surface area contributed by atoms with Crippen LogP contribution in [0.15, 0.2) is 0 Å². The first kappa shape index (κ1) is 32.4. The molecule has 0 spiro atoms. The summed E-state index contributed by atoms with van der Waals surface area (Å²) in [5.41, 5.74) is -0.189. The van der Waals surface area contributed by atoms with E-state index in [0.717, 1.165) is 45.1 Å². The fourth-order valence-electron chi connectivity index (χ4n) is 4.22. The van der Waals surface area contributed by atoms with E-state index in [1.807, 2.05) is 13.8 Å². The molecule has 4 nitrogen and oxygen atoms in total. The molecule has 4 heteroatoms. The second-order valence-electron chi connectivity index (χ2n) is 10.7. The second-order valence-corrected chi connectivity index (χ2v) is 10.7. The number of aliphatic hydroxyl groups is 1. The molecule has 0 atom stereocenters. The molecule has 0 fully saturated rings. The number of carbonyl (C=O) groups excluding carboxylic acids is 1. The standard InChI is InChI=1S/C29H59NO3/c1-5-7-9-11-14-18-22-27(23-19-15-12-10-8-6-2)33-28(32)24-20-16-13-17-21-25-30-29(3,4)26-31/h27,30-31H,5-26H2,1-4H3. The normalized spacial score (nSPS) is 11.9. The van der Waals surface area contributed by atoms with Crippen molar-refractivity contribution >= 4 is 5.97 Å². The van der Waals surface area contributed by atoms with Gasteiger partial charge in [-0.05, 0) is 58.9 Å². The predicted octanol–water partition coefficient (Wildman–Crippen LogP) is 8.10. The van der Waals surface area contributed by atoms with E-state index in [1.54, 1.807) is 0 Å². The van der Waals surface area contributed by atoms with Crippen LogP contribution in [0.3, 0.4) is 0 Å². The molecule has 198 valence electrons. The Morgan fingerprint density at radius 2 is 1.18 bits per heavy atom. The molecule has 0 aliphatic rings. The van der Waals surface area contributed by atoms with Crippen molar-refractivity contribution in [3.63, 3.8) is 0 Å². The van der Waals surface area contributed by atoms with Crippen LogP contribution in [0.1, 0.15) is 156 Å². The summed E-state index contributed by atoms with van der Waals surface area (Å²) in [5, 5.41) is 12.6. The first-order valence-electron chi connectivity index (χ1n) is 14.5. The summed E-state index contributed by atoms with van der Waals surface area (Å²) in [6.07, 6.45) is 23.8. The Balaban J connectivity index is 3.99. The molecule has 0 aliphatic carbocycles.